The van der Waals surface area contributed by atoms with Gasteiger partial charge in [-0.1, -0.05) is 6.92 Å². The first kappa shape index (κ1) is 20.0. The van der Waals surface area contributed by atoms with Crippen molar-refractivity contribution in [3.05, 3.63) is 0 Å². The number of carbonyl (C=O) groups is 1. The third kappa shape index (κ3) is 6.84. The van der Waals surface area contributed by atoms with Crippen LogP contribution in [0.25, 0.3) is 0 Å². The Kier molecular flexibility index (Phi) is 8.52. The molecule has 1 N–H and O–H groups in total. The number of rotatable bonds is 11. The number of nitrogens with one attached hydrogen (secondary N) is 1. The molecule has 144 valence electrons. The fraction of sp³-hybridized carbons (Fsp3) is 0.895. The first-order valence-electron chi connectivity index (χ1n) is 10.0. The summed E-state index contributed by atoms with van der Waals surface area (Å²) in [6.07, 6.45) is 6.32. The number of likely N-dealkylation sites (N-methyl/N-ethyl adjacent to an activating group) is 1. The predicted octanol–water partition coefficient (Wildman–Crippen LogP) is 2.10. The third-order valence-corrected chi connectivity index (χ3v) is 5.06. The Morgan fingerprint density at radius 2 is 2.24 bits per heavy atom. The Morgan fingerprint density at radius 1 is 1.44 bits per heavy atom. The van der Waals surface area contributed by atoms with Crippen LogP contribution in [-0.2, 0) is 9.53 Å². The minimum absolute atomic E-state index is 0.313. The van der Waals surface area contributed by atoms with E-state index < -0.39 is 0 Å². The highest BCUT2D eigenvalue weighted by molar-refractivity contribution is 5.79. The number of carbonyl (C=O) groups excluding carboxylic acids is 1. The van der Waals surface area contributed by atoms with Crippen molar-refractivity contribution in [3.63, 3.8) is 0 Å². The zero-order chi connectivity index (χ0) is 18.1. The van der Waals surface area contributed by atoms with E-state index in [1.165, 1.54) is 12.8 Å². The van der Waals surface area contributed by atoms with E-state index in [2.05, 4.69) is 36.0 Å². The molecular formula is C19H36N4O2. The van der Waals surface area contributed by atoms with E-state index in [1.807, 2.05) is 0 Å². The molecule has 1 aliphatic heterocycles. The van der Waals surface area contributed by atoms with Gasteiger partial charge in [0, 0.05) is 52.3 Å². The summed E-state index contributed by atoms with van der Waals surface area (Å²) >= 11 is 0. The molecule has 2 fully saturated rings. The number of hydrogen-bond donors (Lipinski definition) is 1. The molecule has 1 atom stereocenters. The van der Waals surface area contributed by atoms with Crippen LogP contribution in [0.15, 0.2) is 4.99 Å². The minimum Gasteiger partial charge on any atom is -0.379 e. The van der Waals surface area contributed by atoms with Crippen molar-refractivity contribution in [3.8, 4) is 0 Å². The van der Waals surface area contributed by atoms with Crippen LogP contribution >= 0.6 is 0 Å². The van der Waals surface area contributed by atoms with Crippen LogP contribution in [0.3, 0.4) is 0 Å². The van der Waals surface area contributed by atoms with Gasteiger partial charge in [-0.25, -0.2) is 0 Å². The van der Waals surface area contributed by atoms with Gasteiger partial charge in [-0.05, 0) is 44.9 Å². The molecule has 1 heterocycles. The first-order valence-corrected chi connectivity index (χ1v) is 10.0. The van der Waals surface area contributed by atoms with Gasteiger partial charge in [-0.3, -0.25) is 9.79 Å². The fourth-order valence-electron chi connectivity index (χ4n) is 3.27. The van der Waals surface area contributed by atoms with Gasteiger partial charge < -0.3 is 19.9 Å². The van der Waals surface area contributed by atoms with Crippen LogP contribution in [0, 0.1) is 5.92 Å². The van der Waals surface area contributed by atoms with Gasteiger partial charge in [0.25, 0.3) is 0 Å². The number of guanidine groups is 1. The molecule has 6 nitrogen and oxygen atoms in total. The Morgan fingerprint density at radius 3 is 2.84 bits per heavy atom. The normalized spacial score (nSPS) is 19.4. The highest BCUT2D eigenvalue weighted by Gasteiger charge is 2.26. The molecule has 2 rings (SSSR count). The van der Waals surface area contributed by atoms with E-state index >= 15 is 0 Å². The molecule has 1 unspecified atom stereocenters. The van der Waals surface area contributed by atoms with Crippen LogP contribution in [0.2, 0.25) is 0 Å². The molecule has 1 saturated heterocycles. The maximum Gasteiger partial charge on any atom is 0.222 e. The van der Waals surface area contributed by atoms with Gasteiger partial charge in [-0.15, -0.1) is 0 Å². The van der Waals surface area contributed by atoms with Crippen molar-refractivity contribution in [1.82, 2.24) is 15.1 Å². The Balaban J connectivity index is 1.75. The zero-order valence-electron chi connectivity index (χ0n) is 16.3. The van der Waals surface area contributed by atoms with E-state index in [0.29, 0.717) is 18.4 Å². The summed E-state index contributed by atoms with van der Waals surface area (Å²) < 4.78 is 5.73. The van der Waals surface area contributed by atoms with Crippen molar-refractivity contribution < 1.29 is 9.53 Å². The average molecular weight is 353 g/mol. The van der Waals surface area contributed by atoms with E-state index in [1.54, 1.807) is 0 Å². The minimum atomic E-state index is 0.313. The molecule has 2 aliphatic rings. The van der Waals surface area contributed by atoms with Gasteiger partial charge in [0.1, 0.15) is 0 Å². The molecule has 0 aromatic rings. The molecule has 0 aromatic heterocycles. The van der Waals surface area contributed by atoms with E-state index in [4.69, 9.17) is 9.73 Å². The largest absolute Gasteiger partial charge is 0.379 e. The summed E-state index contributed by atoms with van der Waals surface area (Å²) in [6, 6.07) is 0.328. The summed E-state index contributed by atoms with van der Waals surface area (Å²) in [5, 5.41) is 3.35. The highest BCUT2D eigenvalue weighted by atomic mass is 16.5. The molecule has 0 bridgehead atoms. The molecule has 25 heavy (non-hydrogen) atoms. The summed E-state index contributed by atoms with van der Waals surface area (Å²) in [5.74, 6) is 2.05. The number of aliphatic imine (C=N–C) groups is 1. The number of nitrogens with zero attached hydrogens (tertiary/aromatic N) is 3. The van der Waals surface area contributed by atoms with Crippen LogP contribution in [-0.4, -0.2) is 74.1 Å². The van der Waals surface area contributed by atoms with Gasteiger partial charge in [0.15, 0.2) is 5.96 Å². The summed E-state index contributed by atoms with van der Waals surface area (Å²) in [5.41, 5.74) is 0. The van der Waals surface area contributed by atoms with Crippen LogP contribution in [0.1, 0.15) is 52.4 Å². The van der Waals surface area contributed by atoms with Gasteiger partial charge in [0.2, 0.25) is 5.91 Å². The monoisotopic (exact) mass is 352 g/mol. The lowest BCUT2D eigenvalue weighted by Gasteiger charge is -2.27. The number of ether oxygens (including phenoxy) is 1. The van der Waals surface area contributed by atoms with E-state index in [9.17, 15) is 4.79 Å². The van der Waals surface area contributed by atoms with Crippen LogP contribution < -0.4 is 5.32 Å². The standard InChI is InChI=1S/C19H36N4O2/c1-4-17(23-12-6-7-18(23)24)10-11-21-19(20-5-2)22(3)13-14-25-15-16-8-9-16/h16-17H,4-15H2,1-3H3,(H,20,21). The maximum atomic E-state index is 11.9. The van der Waals surface area contributed by atoms with Crippen LogP contribution in [0.5, 0.6) is 0 Å². The number of hydrogen-bond acceptors (Lipinski definition) is 3. The molecular weight excluding hydrogens is 316 g/mol. The van der Waals surface area contributed by atoms with Crippen molar-refractivity contribution in [2.75, 3.05) is 46.4 Å². The fourth-order valence-corrected chi connectivity index (χ4v) is 3.27. The Bertz CT molecular complexity index is 437. The maximum absolute atomic E-state index is 11.9. The van der Waals surface area contributed by atoms with Crippen molar-refractivity contribution in [2.24, 2.45) is 10.9 Å². The molecule has 1 aliphatic carbocycles. The second-order valence-electron chi connectivity index (χ2n) is 7.22. The number of likely N-dealkylation sites (tertiary alicyclic amines) is 1. The lowest BCUT2D eigenvalue weighted by Crippen LogP contribution is -2.41. The quantitative estimate of drug-likeness (QED) is 0.351. The molecule has 1 saturated carbocycles. The average Bonchev–Trinajstić information content (AvgIpc) is 3.34. The SMILES string of the molecule is CCNC(=NCCC(CC)N1CCCC1=O)N(C)CCOCC1CC1. The Hall–Kier alpha value is -1.30. The number of amides is 1. The van der Waals surface area contributed by atoms with Gasteiger partial charge in [-0.2, -0.15) is 0 Å². The lowest BCUT2D eigenvalue weighted by molar-refractivity contribution is -0.129. The smallest absolute Gasteiger partial charge is 0.222 e. The lowest BCUT2D eigenvalue weighted by atomic mass is 10.1. The summed E-state index contributed by atoms with van der Waals surface area (Å²) in [6.45, 7) is 9.27. The predicted molar refractivity (Wildman–Crippen MR) is 102 cm³/mol. The second kappa shape index (κ2) is 10.6. The molecule has 1 amide bonds. The van der Waals surface area contributed by atoms with Crippen molar-refractivity contribution in [1.29, 1.82) is 0 Å². The van der Waals surface area contributed by atoms with E-state index in [-0.39, 0.29) is 0 Å². The molecule has 0 spiro atoms. The van der Waals surface area contributed by atoms with Crippen molar-refractivity contribution in [2.45, 2.75) is 58.4 Å². The van der Waals surface area contributed by atoms with Crippen LogP contribution in [0.4, 0.5) is 0 Å². The van der Waals surface area contributed by atoms with E-state index in [0.717, 1.165) is 70.5 Å². The zero-order valence-corrected chi connectivity index (χ0v) is 16.3. The van der Waals surface area contributed by atoms with Gasteiger partial charge >= 0.3 is 0 Å². The van der Waals surface area contributed by atoms with Crippen molar-refractivity contribution >= 4 is 11.9 Å². The highest BCUT2D eigenvalue weighted by Crippen LogP contribution is 2.28. The first-order chi connectivity index (χ1) is 12.2. The second-order valence-corrected chi connectivity index (χ2v) is 7.22. The summed E-state index contributed by atoms with van der Waals surface area (Å²) in [7, 11) is 2.06. The summed E-state index contributed by atoms with van der Waals surface area (Å²) in [4.78, 5) is 20.9. The molecule has 0 aromatic carbocycles. The third-order valence-electron chi connectivity index (χ3n) is 5.06. The molecule has 6 heteroatoms. The topological polar surface area (TPSA) is 57.2 Å². The van der Waals surface area contributed by atoms with Gasteiger partial charge in [0.05, 0.1) is 6.61 Å². The molecule has 0 radical (unpaired) electrons. The Labute approximate surface area is 153 Å².